The smallest absolute Gasteiger partial charge is 0.321 e. The lowest BCUT2D eigenvalue weighted by Gasteiger charge is -2.17. The number of hydrogen-bond donors (Lipinski definition) is 1. The van der Waals surface area contributed by atoms with E-state index in [9.17, 15) is 9.00 Å². The van der Waals surface area contributed by atoms with Crippen LogP contribution in [0.1, 0.15) is 18.7 Å². The molecular formula is C10H14O3S2. The minimum Gasteiger partial charge on any atom is -0.480 e. The van der Waals surface area contributed by atoms with Gasteiger partial charge in [0.1, 0.15) is 4.75 Å². The Morgan fingerprint density at radius 3 is 2.73 bits per heavy atom. The van der Waals surface area contributed by atoms with Crippen LogP contribution in [-0.4, -0.2) is 25.8 Å². The third-order valence-electron chi connectivity index (χ3n) is 2.20. The second-order valence-electron chi connectivity index (χ2n) is 3.69. The number of carboxylic acid groups (broad SMARTS) is 1. The predicted octanol–water partition coefficient (Wildman–Crippen LogP) is 1.90. The van der Waals surface area contributed by atoms with E-state index in [1.165, 1.54) is 13.8 Å². The summed E-state index contributed by atoms with van der Waals surface area (Å²) in [7, 11) is -1.34. The van der Waals surface area contributed by atoms with Crippen molar-refractivity contribution in [3.8, 4) is 0 Å². The molecule has 84 valence electrons. The van der Waals surface area contributed by atoms with Crippen molar-refractivity contribution in [2.45, 2.75) is 25.0 Å². The molecule has 0 aromatic carbocycles. The van der Waals surface area contributed by atoms with Gasteiger partial charge in [-0.25, -0.2) is 0 Å². The van der Waals surface area contributed by atoms with E-state index in [0.29, 0.717) is 12.2 Å². The highest BCUT2D eigenvalue weighted by Crippen LogP contribution is 2.16. The van der Waals surface area contributed by atoms with Crippen LogP contribution in [0.4, 0.5) is 0 Å². The molecular weight excluding hydrogens is 232 g/mol. The molecule has 0 radical (unpaired) electrons. The summed E-state index contributed by atoms with van der Waals surface area (Å²) >= 11 is 1.60. The Morgan fingerprint density at radius 1 is 1.60 bits per heavy atom. The van der Waals surface area contributed by atoms with Crippen molar-refractivity contribution in [2.24, 2.45) is 0 Å². The Bertz CT molecular complexity index is 355. The topological polar surface area (TPSA) is 54.4 Å². The first-order chi connectivity index (χ1) is 6.94. The molecule has 15 heavy (non-hydrogen) atoms. The van der Waals surface area contributed by atoms with Gasteiger partial charge in [-0.2, -0.15) is 0 Å². The first-order valence-corrected chi connectivity index (χ1v) is 6.78. The van der Waals surface area contributed by atoms with Gasteiger partial charge in [-0.3, -0.25) is 9.00 Å². The zero-order chi connectivity index (χ0) is 11.5. The van der Waals surface area contributed by atoms with E-state index in [4.69, 9.17) is 5.11 Å². The molecule has 0 aliphatic rings. The summed E-state index contributed by atoms with van der Waals surface area (Å²) in [6, 6.07) is 3.90. The van der Waals surface area contributed by atoms with E-state index >= 15 is 0 Å². The fraction of sp³-hybridized carbons (Fsp3) is 0.500. The normalized spacial score (nSPS) is 13.7. The summed E-state index contributed by atoms with van der Waals surface area (Å²) in [6.07, 6.45) is 0.682. The van der Waals surface area contributed by atoms with E-state index in [2.05, 4.69) is 0 Å². The SMILES string of the molecule is CC(C)(C(=O)O)S(=O)CCc1cccs1. The lowest BCUT2D eigenvalue weighted by Crippen LogP contribution is -2.38. The molecule has 0 aliphatic carbocycles. The molecule has 5 heteroatoms. The number of carboxylic acids is 1. The average Bonchev–Trinajstić information content (AvgIpc) is 2.66. The quantitative estimate of drug-likeness (QED) is 0.863. The van der Waals surface area contributed by atoms with Gasteiger partial charge >= 0.3 is 5.97 Å². The van der Waals surface area contributed by atoms with Gasteiger partial charge in [0.15, 0.2) is 0 Å². The standard InChI is InChI=1S/C10H14O3S2/c1-10(2,9(11)12)15(13)7-5-8-4-3-6-14-8/h3-4,6H,5,7H2,1-2H3,(H,11,12). The molecule has 0 amide bonds. The highest BCUT2D eigenvalue weighted by atomic mass is 32.2. The number of aliphatic carboxylic acids is 1. The van der Waals surface area contributed by atoms with Crippen molar-refractivity contribution in [1.29, 1.82) is 0 Å². The van der Waals surface area contributed by atoms with Crippen LogP contribution in [-0.2, 0) is 22.0 Å². The molecule has 1 N–H and O–H groups in total. The van der Waals surface area contributed by atoms with E-state index in [1.54, 1.807) is 11.3 Å². The summed E-state index contributed by atoms with van der Waals surface area (Å²) in [4.78, 5) is 12.0. The lowest BCUT2D eigenvalue weighted by molar-refractivity contribution is -0.139. The lowest BCUT2D eigenvalue weighted by atomic mass is 10.2. The van der Waals surface area contributed by atoms with Gasteiger partial charge in [-0.1, -0.05) is 6.07 Å². The predicted molar refractivity (Wildman–Crippen MR) is 62.7 cm³/mol. The fourth-order valence-electron chi connectivity index (χ4n) is 1.00. The zero-order valence-electron chi connectivity index (χ0n) is 8.73. The summed E-state index contributed by atoms with van der Waals surface area (Å²) in [5.74, 6) is -0.605. The van der Waals surface area contributed by atoms with Crippen LogP contribution >= 0.6 is 11.3 Å². The first-order valence-electron chi connectivity index (χ1n) is 4.59. The molecule has 0 bridgehead atoms. The minimum absolute atomic E-state index is 0.403. The van der Waals surface area contributed by atoms with E-state index in [0.717, 1.165) is 4.88 Å². The molecule has 1 rings (SSSR count). The average molecular weight is 246 g/mol. The Kier molecular flexibility index (Phi) is 4.04. The van der Waals surface area contributed by atoms with Crippen molar-refractivity contribution in [3.05, 3.63) is 22.4 Å². The van der Waals surface area contributed by atoms with Crippen LogP contribution in [0.25, 0.3) is 0 Å². The summed E-state index contributed by atoms with van der Waals surface area (Å²) in [5.41, 5.74) is 0. The zero-order valence-corrected chi connectivity index (χ0v) is 10.4. The first kappa shape index (κ1) is 12.4. The monoisotopic (exact) mass is 246 g/mol. The van der Waals surface area contributed by atoms with Crippen LogP contribution in [0, 0.1) is 0 Å². The van der Waals surface area contributed by atoms with Crippen molar-refractivity contribution in [2.75, 3.05) is 5.75 Å². The van der Waals surface area contributed by atoms with Gasteiger partial charge in [0.05, 0.1) is 0 Å². The van der Waals surface area contributed by atoms with Crippen molar-refractivity contribution in [3.63, 3.8) is 0 Å². The molecule has 0 fully saturated rings. The summed E-state index contributed by atoms with van der Waals surface area (Å²) < 4.78 is 10.6. The summed E-state index contributed by atoms with van der Waals surface area (Å²) in [5, 5.41) is 10.8. The largest absolute Gasteiger partial charge is 0.480 e. The molecule has 1 heterocycles. The number of hydrogen-bond acceptors (Lipinski definition) is 3. The van der Waals surface area contributed by atoms with E-state index < -0.39 is 21.5 Å². The summed E-state index contributed by atoms with van der Waals surface area (Å²) in [6.45, 7) is 3.00. The van der Waals surface area contributed by atoms with Crippen molar-refractivity contribution < 1.29 is 14.1 Å². The Hall–Kier alpha value is -0.680. The van der Waals surface area contributed by atoms with E-state index in [1.807, 2.05) is 17.5 Å². The number of thiophene rings is 1. The van der Waals surface area contributed by atoms with Crippen LogP contribution < -0.4 is 0 Å². The van der Waals surface area contributed by atoms with Gasteiger partial charge in [-0.05, 0) is 31.7 Å². The van der Waals surface area contributed by atoms with Crippen molar-refractivity contribution in [1.82, 2.24) is 0 Å². The number of rotatable bonds is 5. The van der Waals surface area contributed by atoms with Gasteiger partial charge in [-0.15, -0.1) is 11.3 Å². The fourth-order valence-corrected chi connectivity index (χ4v) is 2.95. The molecule has 1 aromatic heterocycles. The molecule has 3 nitrogen and oxygen atoms in total. The number of carbonyl (C=O) groups is 1. The van der Waals surface area contributed by atoms with Gasteiger partial charge in [0, 0.05) is 21.4 Å². The maximum atomic E-state index is 11.7. The molecule has 0 saturated carbocycles. The van der Waals surface area contributed by atoms with Crippen molar-refractivity contribution >= 4 is 28.1 Å². The molecule has 0 spiro atoms. The number of aryl methyl sites for hydroxylation is 1. The van der Waals surface area contributed by atoms with Gasteiger partial charge in [0.25, 0.3) is 0 Å². The maximum Gasteiger partial charge on any atom is 0.321 e. The van der Waals surface area contributed by atoms with Gasteiger partial charge in [0.2, 0.25) is 0 Å². The Balaban J connectivity index is 2.53. The second-order valence-corrected chi connectivity index (χ2v) is 6.85. The maximum absolute atomic E-state index is 11.7. The Labute approximate surface area is 95.6 Å². The molecule has 0 aliphatic heterocycles. The second kappa shape index (κ2) is 4.90. The highest BCUT2D eigenvalue weighted by molar-refractivity contribution is 7.87. The Morgan fingerprint density at radius 2 is 2.27 bits per heavy atom. The van der Waals surface area contributed by atoms with Crippen LogP contribution in [0.5, 0.6) is 0 Å². The van der Waals surface area contributed by atoms with Crippen LogP contribution in [0.2, 0.25) is 0 Å². The molecule has 0 saturated heterocycles. The van der Waals surface area contributed by atoms with Crippen LogP contribution in [0.15, 0.2) is 17.5 Å². The molecule has 1 aromatic rings. The third-order valence-corrected chi connectivity index (χ3v) is 5.02. The van der Waals surface area contributed by atoms with E-state index in [-0.39, 0.29) is 0 Å². The molecule has 1 unspecified atom stereocenters. The minimum atomic E-state index is -1.34. The third kappa shape index (κ3) is 3.14. The molecule has 1 atom stereocenters. The van der Waals surface area contributed by atoms with Crippen LogP contribution in [0.3, 0.4) is 0 Å². The highest BCUT2D eigenvalue weighted by Gasteiger charge is 2.33. The van der Waals surface area contributed by atoms with Gasteiger partial charge < -0.3 is 5.11 Å².